The van der Waals surface area contributed by atoms with Crippen LogP contribution in [0.3, 0.4) is 0 Å². The van der Waals surface area contributed by atoms with Crippen molar-refractivity contribution in [2.75, 3.05) is 55.6 Å². The lowest BCUT2D eigenvalue weighted by Crippen LogP contribution is -2.61. The highest BCUT2D eigenvalue weighted by molar-refractivity contribution is 6.06. The van der Waals surface area contributed by atoms with Crippen LogP contribution in [0.4, 0.5) is 28.4 Å². The Hall–Kier alpha value is -8.54. The first-order chi connectivity index (χ1) is 34.9. The Labute approximate surface area is 420 Å². The van der Waals surface area contributed by atoms with E-state index in [1.165, 1.54) is 44.6 Å². The number of benzene rings is 5. The Morgan fingerprint density at radius 2 is 1.22 bits per heavy atom. The summed E-state index contributed by atoms with van der Waals surface area (Å²) in [6, 6.07) is 23.5. The maximum absolute atomic E-state index is 14.7. The van der Waals surface area contributed by atoms with Crippen LogP contribution in [0.1, 0.15) is 90.1 Å². The molecule has 9 rings (SSSR count). The molecule has 5 aromatic carbocycles. The zero-order valence-corrected chi connectivity index (χ0v) is 41.5. The lowest BCUT2D eigenvalue weighted by atomic mass is 9.76. The van der Waals surface area contributed by atoms with Gasteiger partial charge in [-0.1, -0.05) is 36.4 Å². The van der Waals surface area contributed by atoms with E-state index < -0.39 is 45.0 Å². The summed E-state index contributed by atoms with van der Waals surface area (Å²) in [7, 11) is 2.84. The fourth-order valence-corrected chi connectivity index (χ4v) is 10.6. The first-order valence-electron chi connectivity index (χ1n) is 23.6. The van der Waals surface area contributed by atoms with Crippen LogP contribution in [0.5, 0.6) is 23.0 Å². The second-order valence-electron chi connectivity index (χ2n) is 19.0. The van der Waals surface area contributed by atoms with E-state index in [-0.39, 0.29) is 89.5 Å². The molecule has 18 heteroatoms. The summed E-state index contributed by atoms with van der Waals surface area (Å²) < 4.78 is 36.1. The summed E-state index contributed by atoms with van der Waals surface area (Å²) in [5.74, 6) is -1.61. The number of nitrogens with one attached hydrogen (secondary N) is 1. The fourth-order valence-electron chi connectivity index (χ4n) is 10.6. The number of anilines is 3. The van der Waals surface area contributed by atoms with Crippen LogP contribution in [0.25, 0.3) is 12.2 Å². The summed E-state index contributed by atoms with van der Waals surface area (Å²) in [5, 5.41) is 17.8. The maximum atomic E-state index is 14.7. The smallest absolute Gasteiger partial charge is 0.340 e. The zero-order valence-electron chi connectivity index (χ0n) is 41.5. The van der Waals surface area contributed by atoms with Crippen molar-refractivity contribution in [3.63, 3.8) is 0 Å². The number of hydrogen-bond donors (Lipinski definition) is 1. The molecular weight excluding hydrogens is 939 g/mol. The third-order valence-electron chi connectivity index (χ3n) is 14.2. The Kier molecular flexibility index (Phi) is 12.6. The molecule has 0 aromatic heterocycles. The second-order valence-corrected chi connectivity index (χ2v) is 19.0. The van der Waals surface area contributed by atoms with Crippen molar-refractivity contribution >= 4 is 64.2 Å². The number of amides is 1. The molecule has 5 aromatic rings. The number of nitro groups is 1. The number of rotatable bonds is 15. The van der Waals surface area contributed by atoms with Gasteiger partial charge in [0.2, 0.25) is 17.4 Å². The monoisotopic (exact) mass is 991 g/mol. The predicted octanol–water partition coefficient (Wildman–Crippen LogP) is 9.61. The van der Waals surface area contributed by atoms with Gasteiger partial charge in [-0.25, -0.2) is 9.59 Å². The third-order valence-corrected chi connectivity index (χ3v) is 14.2. The maximum Gasteiger partial charge on any atom is 0.340 e. The Morgan fingerprint density at radius 3 is 1.75 bits per heavy atom. The zero-order chi connectivity index (χ0) is 52.2. The van der Waals surface area contributed by atoms with E-state index >= 15 is 0 Å². The van der Waals surface area contributed by atoms with Crippen LogP contribution >= 0.6 is 0 Å². The highest BCUT2D eigenvalue weighted by Gasteiger charge is 2.61. The standard InChI is InChI=1S/C55H53N5O13/c1-9-70-50(63)38-29-42(56-47(62)31-59-44-18-14-12-16-41(44)53(5,6)55(59)21-19-32-23-35(57-65)27-45(68-7)48(32)72-55)39(51(64)71-10-2)26-34(38)25-37(61)30-58-43-17-13-11-15-40(43)52(3,4)54(58)22-20-33-24-36(60(66)67)28-46(69-8)49(33)73-54/h11-24,26-29H,9-10,25,30-31H2,1-8H3,(H,56,62). The van der Waals surface area contributed by atoms with Crippen molar-refractivity contribution in [3.8, 4) is 23.0 Å². The SMILES string of the molecule is CCOC(=O)c1cc(NC(=O)CN2c3ccccc3C(C)(C)C23C=Cc2cc(N=O)cc(OC)c2O3)c(C(=O)OCC)cc1CC(=O)CN1c2ccccc2C(C)(C)C12C=Cc1cc([N+](=O)[O-])cc(OC)c1O2. The number of hydrogen-bond acceptors (Lipinski definition) is 16. The first-order valence-corrected chi connectivity index (χ1v) is 23.6. The average molecular weight is 992 g/mol. The second kappa shape index (κ2) is 18.6. The van der Waals surface area contributed by atoms with E-state index in [2.05, 4.69) is 10.5 Å². The highest BCUT2D eigenvalue weighted by Crippen LogP contribution is 2.58. The summed E-state index contributed by atoms with van der Waals surface area (Å²) in [5.41, 5.74) is -0.350. The molecule has 0 saturated heterocycles. The van der Waals surface area contributed by atoms with E-state index in [1.807, 2.05) is 87.2 Å². The molecule has 2 spiro atoms. The molecule has 18 nitrogen and oxygen atoms in total. The van der Waals surface area contributed by atoms with Crippen molar-refractivity contribution < 1.29 is 52.5 Å². The van der Waals surface area contributed by atoms with Crippen molar-refractivity contribution in [2.45, 2.75) is 70.2 Å². The molecule has 376 valence electrons. The van der Waals surface area contributed by atoms with Crippen molar-refractivity contribution in [3.05, 3.63) is 151 Å². The number of nitroso groups, excluding NO2 is 1. The van der Waals surface area contributed by atoms with E-state index in [0.29, 0.717) is 28.3 Å². The van der Waals surface area contributed by atoms with Gasteiger partial charge in [0.1, 0.15) is 12.2 Å². The normalized spacial score (nSPS) is 18.9. The largest absolute Gasteiger partial charge is 0.493 e. The first kappa shape index (κ1) is 49.4. The van der Waals surface area contributed by atoms with Gasteiger partial charge in [-0.3, -0.25) is 19.7 Å². The summed E-state index contributed by atoms with van der Waals surface area (Å²) in [4.78, 5) is 83.7. The van der Waals surface area contributed by atoms with E-state index in [9.17, 15) is 34.2 Å². The minimum Gasteiger partial charge on any atom is -0.493 e. The molecule has 4 heterocycles. The molecule has 0 fully saturated rings. The topological polar surface area (TPSA) is 215 Å². The number of carbonyl (C=O) groups excluding carboxylic acids is 4. The lowest BCUT2D eigenvalue weighted by Gasteiger charge is -2.47. The number of Topliss-reactive ketones (excluding diaryl/α,β-unsaturated/α-hetero) is 1. The molecule has 1 N–H and O–H groups in total. The molecule has 4 aliphatic heterocycles. The van der Waals surface area contributed by atoms with Gasteiger partial charge in [-0.2, -0.15) is 0 Å². The number of ether oxygens (including phenoxy) is 6. The molecule has 2 unspecified atom stereocenters. The molecule has 1 amide bonds. The average Bonchev–Trinajstić information content (AvgIpc) is 3.66. The number of esters is 2. The van der Waals surface area contributed by atoms with Crippen molar-refractivity contribution in [1.82, 2.24) is 0 Å². The lowest BCUT2D eigenvalue weighted by molar-refractivity contribution is -0.385. The van der Waals surface area contributed by atoms with Gasteiger partial charge in [-0.15, -0.1) is 4.91 Å². The van der Waals surface area contributed by atoms with Crippen LogP contribution in [-0.4, -0.2) is 80.5 Å². The minimum atomic E-state index is -1.36. The number of methoxy groups -OCH3 is 2. The molecule has 0 bridgehead atoms. The van der Waals surface area contributed by atoms with Crippen LogP contribution in [-0.2, 0) is 36.3 Å². The summed E-state index contributed by atoms with van der Waals surface area (Å²) in [6.07, 6.45) is 6.76. The number of nitrogens with zero attached hydrogens (tertiary/aromatic N) is 4. The number of para-hydroxylation sites is 2. The van der Waals surface area contributed by atoms with Gasteiger partial charge in [0.25, 0.3) is 5.69 Å². The molecule has 0 radical (unpaired) electrons. The predicted molar refractivity (Wildman–Crippen MR) is 272 cm³/mol. The summed E-state index contributed by atoms with van der Waals surface area (Å²) in [6.45, 7) is 10.6. The molecular formula is C55H53N5O13. The Morgan fingerprint density at radius 1 is 0.699 bits per heavy atom. The van der Waals surface area contributed by atoms with Gasteiger partial charge >= 0.3 is 11.9 Å². The Bertz CT molecular complexity index is 3220. The fraction of sp³-hybridized carbons (Fsp3) is 0.309. The van der Waals surface area contributed by atoms with Gasteiger partial charge < -0.3 is 43.5 Å². The van der Waals surface area contributed by atoms with Gasteiger partial charge in [0, 0.05) is 41.1 Å². The highest BCUT2D eigenvalue weighted by atomic mass is 16.6. The minimum absolute atomic E-state index is 0.0197. The van der Waals surface area contributed by atoms with Crippen LogP contribution in [0.2, 0.25) is 0 Å². The number of ketones is 1. The molecule has 4 aliphatic rings. The molecule has 2 atom stereocenters. The van der Waals surface area contributed by atoms with Crippen LogP contribution in [0, 0.1) is 15.0 Å². The summed E-state index contributed by atoms with van der Waals surface area (Å²) >= 11 is 0. The third kappa shape index (κ3) is 7.97. The van der Waals surface area contributed by atoms with E-state index in [1.54, 1.807) is 43.0 Å². The molecule has 73 heavy (non-hydrogen) atoms. The number of nitro benzene ring substituents is 1. The number of fused-ring (bicyclic) bond motifs is 4. The Balaban J connectivity index is 1.06. The molecule has 0 saturated carbocycles. The quantitative estimate of drug-likeness (QED) is 0.0447. The van der Waals surface area contributed by atoms with Crippen LogP contribution in [0.15, 0.2) is 102 Å². The number of carbonyl (C=O) groups is 4. The molecule has 0 aliphatic carbocycles. The van der Waals surface area contributed by atoms with E-state index in [4.69, 9.17) is 28.4 Å². The number of non-ortho nitro benzene ring substituents is 1. The van der Waals surface area contributed by atoms with Crippen molar-refractivity contribution in [2.24, 2.45) is 5.18 Å². The van der Waals surface area contributed by atoms with Crippen LogP contribution < -0.4 is 34.1 Å². The van der Waals surface area contributed by atoms with E-state index in [0.717, 1.165) is 11.1 Å². The van der Waals surface area contributed by atoms with Gasteiger partial charge in [0.15, 0.2) is 28.8 Å². The van der Waals surface area contributed by atoms with Gasteiger partial charge in [-0.05, 0) is 118 Å². The van der Waals surface area contributed by atoms with Crippen molar-refractivity contribution in [1.29, 1.82) is 0 Å². The van der Waals surface area contributed by atoms with Gasteiger partial charge in [0.05, 0.1) is 72.6 Å².